The van der Waals surface area contributed by atoms with Gasteiger partial charge in [0.25, 0.3) is 0 Å². The van der Waals surface area contributed by atoms with Gasteiger partial charge < -0.3 is 10.5 Å². The Kier molecular flexibility index (Phi) is 5.26. The van der Waals surface area contributed by atoms with Gasteiger partial charge in [-0.05, 0) is 6.92 Å². The molecule has 2 N–H and O–H groups in total. The van der Waals surface area contributed by atoms with Gasteiger partial charge in [-0.3, -0.25) is 4.90 Å². The van der Waals surface area contributed by atoms with Crippen LogP contribution in [0.4, 0.5) is 5.13 Å². The van der Waals surface area contributed by atoms with Gasteiger partial charge in [0, 0.05) is 42.7 Å². The van der Waals surface area contributed by atoms with Crippen LogP contribution in [0.1, 0.15) is 15.4 Å². The van der Waals surface area contributed by atoms with E-state index in [1.165, 1.54) is 21.1 Å². The number of aromatic nitrogens is 2. The molecule has 0 aliphatic carbocycles. The van der Waals surface area contributed by atoms with E-state index in [-0.39, 0.29) is 0 Å². The monoisotopic (exact) mass is 298 g/mol. The summed E-state index contributed by atoms with van der Waals surface area (Å²) in [6.45, 7) is 5.37. The number of nitrogens with two attached hydrogens (primary N) is 1. The van der Waals surface area contributed by atoms with E-state index in [1.54, 1.807) is 18.4 Å². The lowest BCUT2D eigenvalue weighted by Gasteiger charge is -2.20. The molecule has 2 heterocycles. The third-order valence-electron chi connectivity index (χ3n) is 2.77. The van der Waals surface area contributed by atoms with Crippen LogP contribution < -0.4 is 5.73 Å². The number of hydrogen-bond acceptors (Lipinski definition) is 7. The molecule has 0 fully saturated rings. The van der Waals surface area contributed by atoms with Crippen LogP contribution in [0.15, 0.2) is 11.7 Å². The van der Waals surface area contributed by atoms with Gasteiger partial charge in [0.2, 0.25) is 0 Å². The number of hydrogen-bond donors (Lipinski definition) is 1. The lowest BCUT2D eigenvalue weighted by molar-refractivity contribution is 0.141. The first kappa shape index (κ1) is 14.4. The Balaban J connectivity index is 2.01. The van der Waals surface area contributed by atoms with Crippen molar-refractivity contribution in [3.05, 3.63) is 27.2 Å². The average molecular weight is 298 g/mol. The van der Waals surface area contributed by atoms with Gasteiger partial charge in [0.15, 0.2) is 5.13 Å². The van der Waals surface area contributed by atoms with Crippen molar-refractivity contribution in [2.45, 2.75) is 20.0 Å². The summed E-state index contributed by atoms with van der Waals surface area (Å²) in [6.07, 6.45) is 1.85. The lowest BCUT2D eigenvalue weighted by atomic mass is 10.3. The molecule has 0 aliphatic rings. The molecule has 0 aromatic carbocycles. The fraction of sp³-hybridized carbons (Fsp3) is 0.500. The third kappa shape index (κ3) is 4.24. The van der Waals surface area contributed by atoms with Gasteiger partial charge in [-0.1, -0.05) is 0 Å². The normalized spacial score (nSPS) is 11.3. The molecule has 0 atom stereocenters. The van der Waals surface area contributed by atoms with Gasteiger partial charge in [0.1, 0.15) is 0 Å². The van der Waals surface area contributed by atoms with Gasteiger partial charge >= 0.3 is 0 Å². The Bertz CT molecular complexity index is 511. The molecule has 0 saturated carbocycles. The Morgan fingerprint density at radius 2 is 2.21 bits per heavy atom. The molecule has 0 radical (unpaired) electrons. The molecule has 0 spiro atoms. The van der Waals surface area contributed by atoms with Gasteiger partial charge in [0.05, 0.1) is 17.8 Å². The minimum atomic E-state index is 0.621. The first-order chi connectivity index (χ1) is 9.19. The smallest absolute Gasteiger partial charge is 0.180 e. The Labute approximate surface area is 121 Å². The van der Waals surface area contributed by atoms with Crippen molar-refractivity contribution in [1.82, 2.24) is 14.9 Å². The minimum absolute atomic E-state index is 0.621. The van der Waals surface area contributed by atoms with Crippen molar-refractivity contribution in [2.75, 3.05) is 26.0 Å². The second-order valence-electron chi connectivity index (χ2n) is 4.23. The number of thiazole rings is 2. The van der Waals surface area contributed by atoms with Gasteiger partial charge in [-0.15, -0.1) is 22.7 Å². The number of nitrogens with zero attached hydrogens (tertiary/aromatic N) is 3. The summed E-state index contributed by atoms with van der Waals surface area (Å²) >= 11 is 3.23. The molecular formula is C12H18N4OS2. The molecule has 0 bridgehead atoms. The molecule has 0 amide bonds. The van der Waals surface area contributed by atoms with Crippen LogP contribution in [0.2, 0.25) is 0 Å². The second kappa shape index (κ2) is 6.95. The molecular weight excluding hydrogens is 280 g/mol. The SMILES string of the molecule is COCCN(Cc1cnc(N)s1)Cc1scnc1C. The van der Waals surface area contributed by atoms with Crippen LogP contribution in [-0.4, -0.2) is 35.1 Å². The molecule has 104 valence electrons. The summed E-state index contributed by atoms with van der Waals surface area (Å²) in [7, 11) is 1.72. The van der Waals surface area contributed by atoms with Crippen LogP contribution >= 0.6 is 22.7 Å². The maximum absolute atomic E-state index is 5.67. The highest BCUT2D eigenvalue weighted by Crippen LogP contribution is 2.20. The minimum Gasteiger partial charge on any atom is -0.383 e. The predicted molar refractivity (Wildman–Crippen MR) is 79.4 cm³/mol. The average Bonchev–Trinajstić information content (AvgIpc) is 2.96. The molecule has 7 heteroatoms. The number of nitrogen functional groups attached to an aromatic ring is 1. The first-order valence-electron chi connectivity index (χ1n) is 5.99. The van der Waals surface area contributed by atoms with Gasteiger partial charge in [-0.25, -0.2) is 9.97 Å². The summed E-state index contributed by atoms with van der Waals surface area (Å²) < 4.78 is 5.17. The summed E-state index contributed by atoms with van der Waals surface area (Å²) in [5, 5.41) is 0.621. The van der Waals surface area contributed by atoms with Crippen LogP contribution in [0.25, 0.3) is 0 Å². The molecule has 2 aromatic heterocycles. The highest BCUT2D eigenvalue weighted by atomic mass is 32.1. The number of methoxy groups -OCH3 is 1. The fourth-order valence-electron chi connectivity index (χ4n) is 1.73. The van der Waals surface area contributed by atoms with Gasteiger partial charge in [-0.2, -0.15) is 0 Å². The molecule has 0 aliphatic heterocycles. The van der Waals surface area contributed by atoms with Crippen LogP contribution in [0.3, 0.4) is 0 Å². The summed E-state index contributed by atoms with van der Waals surface area (Å²) in [6, 6.07) is 0. The largest absolute Gasteiger partial charge is 0.383 e. The second-order valence-corrected chi connectivity index (χ2v) is 6.32. The van der Waals surface area contributed by atoms with E-state index in [0.29, 0.717) is 11.7 Å². The summed E-state index contributed by atoms with van der Waals surface area (Å²) in [5.41, 5.74) is 8.67. The topological polar surface area (TPSA) is 64.3 Å². The third-order valence-corrected chi connectivity index (χ3v) is 4.51. The quantitative estimate of drug-likeness (QED) is 0.848. The molecule has 2 rings (SSSR count). The molecule has 0 saturated heterocycles. The number of aryl methyl sites for hydroxylation is 1. The lowest BCUT2D eigenvalue weighted by Crippen LogP contribution is -2.26. The van der Waals surface area contributed by atoms with Crippen molar-refractivity contribution in [3.63, 3.8) is 0 Å². The highest BCUT2D eigenvalue weighted by molar-refractivity contribution is 7.15. The molecule has 2 aromatic rings. The summed E-state index contributed by atoms with van der Waals surface area (Å²) in [5.74, 6) is 0. The van der Waals surface area contributed by atoms with E-state index < -0.39 is 0 Å². The molecule has 5 nitrogen and oxygen atoms in total. The van der Waals surface area contributed by atoms with E-state index >= 15 is 0 Å². The van der Waals surface area contributed by atoms with Crippen LogP contribution in [0.5, 0.6) is 0 Å². The maximum Gasteiger partial charge on any atom is 0.180 e. The zero-order chi connectivity index (χ0) is 13.7. The van der Waals surface area contributed by atoms with E-state index in [9.17, 15) is 0 Å². The predicted octanol–water partition coefficient (Wildman–Crippen LogP) is 2.14. The van der Waals surface area contributed by atoms with E-state index in [4.69, 9.17) is 10.5 Å². The number of ether oxygens (including phenoxy) is 1. The Morgan fingerprint density at radius 3 is 2.79 bits per heavy atom. The zero-order valence-corrected chi connectivity index (χ0v) is 12.8. The Morgan fingerprint density at radius 1 is 1.37 bits per heavy atom. The fourth-order valence-corrected chi connectivity index (χ4v) is 3.28. The van der Waals surface area contributed by atoms with E-state index in [2.05, 4.69) is 14.9 Å². The van der Waals surface area contributed by atoms with Crippen molar-refractivity contribution in [1.29, 1.82) is 0 Å². The highest BCUT2D eigenvalue weighted by Gasteiger charge is 2.11. The first-order valence-corrected chi connectivity index (χ1v) is 7.69. The van der Waals surface area contributed by atoms with E-state index in [0.717, 1.165) is 25.3 Å². The standard InChI is InChI=1S/C12H18N4OS2/c1-9-11(18-8-15-9)7-16(3-4-17-2)6-10-5-14-12(13)19-10/h5,8H,3-4,6-7H2,1-2H3,(H2,13,14). The number of rotatable bonds is 7. The van der Waals surface area contributed by atoms with Crippen molar-refractivity contribution in [3.8, 4) is 0 Å². The number of anilines is 1. The molecule has 0 unspecified atom stereocenters. The van der Waals surface area contributed by atoms with Crippen molar-refractivity contribution < 1.29 is 4.74 Å². The Hall–Kier alpha value is -1.02. The summed E-state index contributed by atoms with van der Waals surface area (Å²) in [4.78, 5) is 13.2. The van der Waals surface area contributed by atoms with Crippen LogP contribution in [-0.2, 0) is 17.8 Å². The maximum atomic E-state index is 5.67. The van der Waals surface area contributed by atoms with Crippen molar-refractivity contribution in [2.24, 2.45) is 0 Å². The van der Waals surface area contributed by atoms with Crippen LogP contribution in [0, 0.1) is 6.92 Å². The zero-order valence-electron chi connectivity index (χ0n) is 11.1. The molecule has 19 heavy (non-hydrogen) atoms. The van der Waals surface area contributed by atoms with Crippen molar-refractivity contribution >= 4 is 27.8 Å². The van der Waals surface area contributed by atoms with E-state index in [1.807, 2.05) is 18.6 Å².